The van der Waals surface area contributed by atoms with Crippen molar-refractivity contribution in [2.24, 2.45) is 15.7 Å². The molecule has 0 saturated heterocycles. The zero-order valence-corrected chi connectivity index (χ0v) is 38.2. The van der Waals surface area contributed by atoms with Gasteiger partial charge in [-0.3, -0.25) is 4.79 Å². The van der Waals surface area contributed by atoms with Crippen molar-refractivity contribution in [3.05, 3.63) is 107 Å². The Morgan fingerprint density at radius 3 is 1.74 bits per heavy atom. The summed E-state index contributed by atoms with van der Waals surface area (Å²) >= 11 is 5.68. The lowest BCUT2D eigenvalue weighted by atomic mass is 9.95. The van der Waals surface area contributed by atoms with Gasteiger partial charge in [-0.15, -0.1) is 0 Å². The summed E-state index contributed by atoms with van der Waals surface area (Å²) in [6.45, 7) is 8.69. The molecule has 1 amide bonds. The molecule has 0 aliphatic rings. The van der Waals surface area contributed by atoms with Crippen molar-refractivity contribution in [3.63, 3.8) is 0 Å². The van der Waals surface area contributed by atoms with Crippen LogP contribution in [0.4, 0.5) is 60.8 Å². The Labute approximate surface area is 400 Å². The number of carbonyl (C=O) groups excluding carboxylic acids is 1. The monoisotopic (exact) mass is 1010 g/mol. The normalized spacial score (nSPS) is 10.7. The number of primary sulfonamides is 2. The van der Waals surface area contributed by atoms with Gasteiger partial charge >= 0.3 is 0 Å². The van der Waals surface area contributed by atoms with Crippen LogP contribution >= 0.6 is 11.6 Å². The van der Waals surface area contributed by atoms with Crippen molar-refractivity contribution in [1.82, 2.24) is 24.9 Å². The molecule has 20 nitrogen and oxygen atoms in total. The predicted molar refractivity (Wildman–Crippen MR) is 265 cm³/mol. The van der Waals surface area contributed by atoms with Crippen LogP contribution in [-0.2, 0) is 24.8 Å². The summed E-state index contributed by atoms with van der Waals surface area (Å²) < 4.78 is 83.3. The van der Waals surface area contributed by atoms with Gasteiger partial charge in [0, 0.05) is 22.5 Å². The first-order valence-corrected chi connectivity index (χ1v) is 22.1. The summed E-state index contributed by atoms with van der Waals surface area (Å²) in [6, 6.07) is 17.2. The van der Waals surface area contributed by atoms with Gasteiger partial charge in [-0.2, -0.15) is 9.97 Å². The number of amides is 1. The van der Waals surface area contributed by atoms with Gasteiger partial charge in [0.15, 0.2) is 34.8 Å². The van der Waals surface area contributed by atoms with Crippen LogP contribution in [0.2, 0.25) is 5.28 Å². The second-order valence-electron chi connectivity index (χ2n) is 14.6. The van der Waals surface area contributed by atoms with Gasteiger partial charge in [0.1, 0.15) is 11.6 Å². The van der Waals surface area contributed by atoms with E-state index in [1.165, 1.54) is 26.4 Å². The summed E-state index contributed by atoms with van der Waals surface area (Å²) in [6.07, 6.45) is 1.93. The quantitative estimate of drug-likeness (QED) is 0.0448. The molecule has 68 heavy (non-hydrogen) atoms. The van der Waals surface area contributed by atoms with Crippen LogP contribution in [0.25, 0.3) is 0 Å². The molecule has 370 valence electrons. The summed E-state index contributed by atoms with van der Waals surface area (Å²) in [5, 5.41) is 21.2. The number of halogens is 3. The number of hydrogen-bond donors (Lipinski definition) is 8. The van der Waals surface area contributed by atoms with Gasteiger partial charge in [-0.25, -0.2) is 50.8 Å². The van der Waals surface area contributed by atoms with E-state index in [1.807, 2.05) is 0 Å². The highest BCUT2D eigenvalue weighted by atomic mass is 35.5. The van der Waals surface area contributed by atoms with Crippen molar-refractivity contribution >= 4 is 89.5 Å². The van der Waals surface area contributed by atoms with E-state index in [4.69, 9.17) is 42.8 Å². The Balaban J connectivity index is 0.000000536. The maximum Gasteiger partial charge on any atom is 0.238 e. The Bertz CT molecular complexity index is 2930. The molecule has 3 aromatic heterocycles. The van der Waals surface area contributed by atoms with E-state index < -0.39 is 37.1 Å². The molecule has 0 saturated carbocycles. The molecule has 0 atom stereocenters. The van der Waals surface area contributed by atoms with Crippen molar-refractivity contribution in [1.29, 1.82) is 0 Å². The summed E-state index contributed by atoms with van der Waals surface area (Å²) in [4.78, 5) is 31.5. The first-order chi connectivity index (χ1) is 30.3. The number of nitrogens with one attached hydrogen (secondary N) is 4. The van der Waals surface area contributed by atoms with E-state index in [-0.39, 0.29) is 72.5 Å². The molecule has 12 N–H and O–H groups in total. The fourth-order valence-corrected chi connectivity index (χ4v) is 6.90. The van der Waals surface area contributed by atoms with Crippen molar-refractivity contribution in [3.8, 4) is 11.5 Å². The number of nitrogens with two attached hydrogens (primary N) is 4. The fraction of sp³-hybridized carbons (Fsp3) is 0.256. The molecule has 0 aliphatic heterocycles. The number of methoxy groups -OCH3 is 2. The molecule has 3 heterocycles. The molecule has 25 heteroatoms. The number of nitrogens with zero attached hydrogens (tertiary/aromatic N) is 5. The number of rotatable bonds is 11. The minimum atomic E-state index is -3.90. The summed E-state index contributed by atoms with van der Waals surface area (Å²) in [5.41, 5.74) is 13.4. The van der Waals surface area contributed by atoms with Gasteiger partial charge in [-0.1, -0.05) is 55.2 Å². The van der Waals surface area contributed by atoms with Crippen LogP contribution < -0.4 is 52.5 Å². The van der Waals surface area contributed by atoms with Gasteiger partial charge in [-0.05, 0) is 91.2 Å². The van der Waals surface area contributed by atoms with Crippen molar-refractivity contribution < 1.29 is 39.9 Å². The van der Waals surface area contributed by atoms with E-state index in [0.717, 1.165) is 12.4 Å². The van der Waals surface area contributed by atoms with E-state index in [9.17, 15) is 30.4 Å². The molecular formula is C43H58ClF2N13O7S2. The number of ether oxygens (including phenoxy) is 2. The van der Waals surface area contributed by atoms with Crippen LogP contribution in [0.5, 0.6) is 11.5 Å². The molecule has 0 spiro atoms. The number of nitrogen functional groups attached to an aromatic ring is 2. The number of benzene rings is 3. The van der Waals surface area contributed by atoms with E-state index in [2.05, 4.69) is 46.2 Å². The average Bonchev–Trinajstić information content (AvgIpc) is 3.21. The molecule has 0 bridgehead atoms. The maximum absolute atomic E-state index is 14.1. The van der Waals surface area contributed by atoms with Crippen LogP contribution in [0, 0.1) is 30.9 Å². The van der Waals surface area contributed by atoms with E-state index in [0.29, 0.717) is 45.4 Å². The highest BCUT2D eigenvalue weighted by Gasteiger charge is 2.23. The molecule has 6 aromatic rings. The van der Waals surface area contributed by atoms with Gasteiger partial charge in [0.05, 0.1) is 42.1 Å². The highest BCUT2D eigenvalue weighted by molar-refractivity contribution is 7.89. The number of anilines is 9. The zero-order chi connectivity index (χ0) is 48.4. The van der Waals surface area contributed by atoms with Crippen molar-refractivity contribution in [2.75, 3.05) is 47.0 Å². The third kappa shape index (κ3) is 16.7. The lowest BCUT2D eigenvalue weighted by Crippen LogP contribution is -2.27. The lowest BCUT2D eigenvalue weighted by molar-refractivity contribution is -0.123. The lowest BCUT2D eigenvalue weighted by Gasteiger charge is -2.19. The smallest absolute Gasteiger partial charge is 0.238 e. The number of carbonyl (C=O) groups is 1. The Morgan fingerprint density at radius 2 is 1.19 bits per heavy atom. The van der Waals surface area contributed by atoms with Crippen LogP contribution in [0.1, 0.15) is 54.2 Å². The number of sulfonamides is 2. The summed E-state index contributed by atoms with van der Waals surface area (Å²) in [7, 11) is -4.58. The molecule has 0 aliphatic carbocycles. The van der Waals surface area contributed by atoms with Crippen molar-refractivity contribution in [2.45, 2.75) is 66.7 Å². The minimum Gasteiger partial charge on any atom is -0.495 e. The minimum absolute atomic E-state index is 0. The molecule has 0 unspecified atom stereocenters. The summed E-state index contributed by atoms with van der Waals surface area (Å²) in [5.74, 6) is -0.485. The number of aryl methyl sites for hydroxylation is 2. The largest absolute Gasteiger partial charge is 0.495 e. The molecule has 0 radical (unpaired) electrons. The Morgan fingerprint density at radius 1 is 0.676 bits per heavy atom. The third-order valence-corrected chi connectivity index (χ3v) is 10.8. The molecular weight excluding hydrogens is 948 g/mol. The standard InChI is InChI=1S/C17H18FN7O3S.C16H18ClFN4O2.C7H10N2O2S.3CH4/c1-9-3-4-10(7-13(9)29(20,26)27)22-17-21-8-11(18)16(25-17)24-14-6-5-12(28-2)15(19)23-14;1-16(2,3)14(23)21-11-7-9(5-6-12(11)24-4)20-13-10(18)8-19-15(17)22-13;1-5-2-3-6(8)4-7(5)12(9,10)11;;;/h3-8H,1-2H3,(H2,20,26,27)(H4,19,21,22,23,24,25);5-8H,1-4H3,(H,21,23)(H,19,20,22);2-4H,8H2,1H3,(H2,9,10,11);3*1H4. The highest BCUT2D eigenvalue weighted by Crippen LogP contribution is 2.32. The predicted octanol–water partition coefficient (Wildman–Crippen LogP) is 8.18. The second-order valence-corrected chi connectivity index (χ2v) is 18.0. The molecule has 6 rings (SSSR count). The number of aromatic nitrogens is 5. The van der Waals surface area contributed by atoms with Crippen LogP contribution in [0.15, 0.2) is 88.9 Å². The third-order valence-electron chi connectivity index (χ3n) is 8.47. The average molecular weight is 1010 g/mol. The van der Waals surface area contributed by atoms with E-state index in [1.54, 1.807) is 89.2 Å². The van der Waals surface area contributed by atoms with Gasteiger partial charge < -0.3 is 42.2 Å². The van der Waals surface area contributed by atoms with Gasteiger partial charge in [0.2, 0.25) is 37.2 Å². The first-order valence-electron chi connectivity index (χ1n) is 18.6. The number of pyridine rings is 1. The second kappa shape index (κ2) is 24.7. The number of hydrogen-bond acceptors (Lipinski definition) is 17. The maximum atomic E-state index is 14.1. The van der Waals surface area contributed by atoms with Gasteiger partial charge in [0.25, 0.3) is 0 Å². The Hall–Kier alpha value is -6.99. The Kier molecular flexibility index (Phi) is 21.4. The van der Waals surface area contributed by atoms with Crippen LogP contribution in [-0.4, -0.2) is 61.9 Å². The fourth-order valence-electron chi connectivity index (χ4n) is 5.14. The first kappa shape index (κ1) is 59.0. The zero-order valence-electron chi connectivity index (χ0n) is 35.9. The SMILES string of the molecule is C.C.C.COc1ccc(Nc2nc(Cl)ncc2F)cc1NC(=O)C(C)(C)C.COc1ccc(Nc2nc(Nc3ccc(C)c(S(N)(=O)=O)c3)ncc2F)nc1N.Cc1ccc(N)cc1S(N)(=O)=O. The topological polar surface area (TPSA) is 320 Å². The van der Waals surface area contributed by atoms with E-state index >= 15 is 0 Å². The molecule has 3 aromatic carbocycles. The molecule has 0 fully saturated rings. The van der Waals surface area contributed by atoms with Crippen LogP contribution in [0.3, 0.4) is 0 Å².